The summed E-state index contributed by atoms with van der Waals surface area (Å²) in [5.41, 5.74) is 2.78. The molecule has 0 radical (unpaired) electrons. The number of rotatable bonds is 4. The van der Waals surface area contributed by atoms with Gasteiger partial charge in [0.15, 0.2) is 0 Å². The molecule has 2 aromatic rings. The van der Waals surface area contributed by atoms with E-state index in [1.54, 1.807) is 0 Å². The van der Waals surface area contributed by atoms with E-state index in [-0.39, 0.29) is 0 Å². The van der Waals surface area contributed by atoms with Crippen molar-refractivity contribution in [3.8, 4) is 0 Å². The number of anilines is 1. The van der Waals surface area contributed by atoms with Gasteiger partial charge in [0.25, 0.3) is 0 Å². The molecule has 20 heavy (non-hydrogen) atoms. The quantitative estimate of drug-likeness (QED) is 0.813. The molecule has 1 nitrogen and oxygen atoms in total. The fourth-order valence-corrected chi connectivity index (χ4v) is 3.24. The van der Waals surface area contributed by atoms with Crippen LogP contribution in [0.2, 0.25) is 0 Å². The summed E-state index contributed by atoms with van der Waals surface area (Å²) in [6.45, 7) is 1.12. The zero-order valence-electron chi connectivity index (χ0n) is 12.0. The normalized spacial score (nSPS) is 22.4. The maximum absolute atomic E-state index is 3.57. The van der Waals surface area contributed by atoms with Crippen LogP contribution < -0.4 is 5.32 Å². The first kappa shape index (κ1) is 13.2. The number of hydrogen-bond acceptors (Lipinski definition) is 1. The molecule has 1 saturated carbocycles. The van der Waals surface area contributed by atoms with Crippen LogP contribution in [0.3, 0.4) is 0 Å². The second kappa shape index (κ2) is 6.60. The van der Waals surface area contributed by atoms with Crippen LogP contribution in [0.5, 0.6) is 0 Å². The standard InChI is InChI=1S/C19H23N/c1-3-7-17(8-4-1)18-13-11-16(12-14-18)15-20-19-9-5-2-6-10-19/h1-10,16,18,20H,11-15H2. The van der Waals surface area contributed by atoms with Crippen molar-refractivity contribution >= 4 is 5.69 Å². The van der Waals surface area contributed by atoms with Gasteiger partial charge in [-0.25, -0.2) is 0 Å². The molecule has 2 aromatic carbocycles. The smallest absolute Gasteiger partial charge is 0.0340 e. The Hall–Kier alpha value is -1.76. The molecule has 1 aliphatic carbocycles. The first-order valence-corrected chi connectivity index (χ1v) is 7.75. The summed E-state index contributed by atoms with van der Waals surface area (Å²) >= 11 is 0. The van der Waals surface area contributed by atoms with Gasteiger partial charge in [0.05, 0.1) is 0 Å². The van der Waals surface area contributed by atoms with Crippen LogP contribution >= 0.6 is 0 Å². The minimum Gasteiger partial charge on any atom is -0.385 e. The molecular formula is C19H23N. The van der Waals surface area contributed by atoms with Crippen molar-refractivity contribution in [1.29, 1.82) is 0 Å². The third-order valence-corrected chi connectivity index (χ3v) is 4.49. The summed E-state index contributed by atoms with van der Waals surface area (Å²) in [7, 11) is 0. The molecule has 0 saturated heterocycles. The molecule has 3 rings (SSSR count). The van der Waals surface area contributed by atoms with Crippen LogP contribution in [-0.2, 0) is 0 Å². The maximum atomic E-state index is 3.57. The minimum absolute atomic E-state index is 0.782. The Kier molecular flexibility index (Phi) is 4.37. The van der Waals surface area contributed by atoms with Gasteiger partial charge in [-0.15, -0.1) is 0 Å². The molecule has 1 fully saturated rings. The van der Waals surface area contributed by atoms with Crippen molar-refractivity contribution < 1.29 is 0 Å². The van der Waals surface area contributed by atoms with Gasteiger partial charge in [-0.3, -0.25) is 0 Å². The SMILES string of the molecule is c1ccc(NCC2CCC(c3ccccc3)CC2)cc1. The summed E-state index contributed by atoms with van der Waals surface area (Å²) in [6.07, 6.45) is 5.37. The molecule has 0 amide bonds. The summed E-state index contributed by atoms with van der Waals surface area (Å²) in [6, 6.07) is 21.6. The highest BCUT2D eigenvalue weighted by Gasteiger charge is 2.21. The number of benzene rings is 2. The summed E-state index contributed by atoms with van der Waals surface area (Å²) in [4.78, 5) is 0. The van der Waals surface area contributed by atoms with Crippen molar-refractivity contribution in [2.75, 3.05) is 11.9 Å². The predicted molar refractivity (Wildman–Crippen MR) is 86.1 cm³/mol. The van der Waals surface area contributed by atoms with Crippen LogP contribution in [0.25, 0.3) is 0 Å². The van der Waals surface area contributed by atoms with Gasteiger partial charge in [0.2, 0.25) is 0 Å². The van der Waals surface area contributed by atoms with Gasteiger partial charge in [0, 0.05) is 12.2 Å². The Morgan fingerprint density at radius 3 is 2.00 bits per heavy atom. The molecule has 104 valence electrons. The van der Waals surface area contributed by atoms with Gasteiger partial charge in [0.1, 0.15) is 0 Å². The topological polar surface area (TPSA) is 12.0 Å². The van der Waals surface area contributed by atoms with Gasteiger partial charge < -0.3 is 5.32 Å². The Bertz CT molecular complexity index is 498. The Morgan fingerprint density at radius 2 is 1.35 bits per heavy atom. The van der Waals surface area contributed by atoms with Gasteiger partial charge in [-0.05, 0) is 55.2 Å². The molecule has 1 N–H and O–H groups in total. The first-order valence-electron chi connectivity index (χ1n) is 7.75. The first-order chi connectivity index (χ1) is 9.92. The van der Waals surface area contributed by atoms with Crippen molar-refractivity contribution in [3.05, 3.63) is 66.2 Å². The lowest BCUT2D eigenvalue weighted by atomic mass is 9.79. The van der Waals surface area contributed by atoms with E-state index in [0.29, 0.717) is 0 Å². The maximum Gasteiger partial charge on any atom is 0.0340 e. The highest BCUT2D eigenvalue weighted by atomic mass is 14.9. The molecule has 0 aliphatic heterocycles. The van der Waals surface area contributed by atoms with E-state index in [9.17, 15) is 0 Å². The van der Waals surface area contributed by atoms with E-state index in [4.69, 9.17) is 0 Å². The molecule has 0 atom stereocenters. The van der Waals surface area contributed by atoms with Crippen LogP contribution in [0.15, 0.2) is 60.7 Å². The second-order valence-corrected chi connectivity index (χ2v) is 5.88. The molecule has 0 heterocycles. The third kappa shape index (κ3) is 3.41. The average Bonchev–Trinajstić information content (AvgIpc) is 2.55. The Labute approximate surface area is 122 Å². The second-order valence-electron chi connectivity index (χ2n) is 5.88. The highest BCUT2D eigenvalue weighted by Crippen LogP contribution is 2.35. The largest absolute Gasteiger partial charge is 0.385 e. The van der Waals surface area contributed by atoms with Crippen molar-refractivity contribution in [2.45, 2.75) is 31.6 Å². The van der Waals surface area contributed by atoms with E-state index >= 15 is 0 Å². The van der Waals surface area contributed by atoms with E-state index in [2.05, 4.69) is 66.0 Å². The number of nitrogens with one attached hydrogen (secondary N) is 1. The molecular weight excluding hydrogens is 242 g/mol. The number of hydrogen-bond donors (Lipinski definition) is 1. The average molecular weight is 265 g/mol. The summed E-state index contributed by atoms with van der Waals surface area (Å²) in [5, 5.41) is 3.57. The van der Waals surface area contributed by atoms with Crippen molar-refractivity contribution in [2.24, 2.45) is 5.92 Å². The number of para-hydroxylation sites is 1. The monoisotopic (exact) mass is 265 g/mol. The molecule has 1 aliphatic rings. The lowest BCUT2D eigenvalue weighted by molar-refractivity contribution is 0.338. The fraction of sp³-hybridized carbons (Fsp3) is 0.368. The highest BCUT2D eigenvalue weighted by molar-refractivity contribution is 5.42. The third-order valence-electron chi connectivity index (χ3n) is 4.49. The van der Waals surface area contributed by atoms with Crippen LogP contribution in [0.1, 0.15) is 37.2 Å². The molecule has 0 spiro atoms. The van der Waals surface area contributed by atoms with Crippen LogP contribution in [0.4, 0.5) is 5.69 Å². The zero-order chi connectivity index (χ0) is 13.6. The van der Waals surface area contributed by atoms with Gasteiger partial charge >= 0.3 is 0 Å². The van der Waals surface area contributed by atoms with Gasteiger partial charge in [-0.1, -0.05) is 48.5 Å². The van der Waals surface area contributed by atoms with E-state index in [1.165, 1.54) is 36.9 Å². The summed E-state index contributed by atoms with van der Waals surface area (Å²) < 4.78 is 0. The molecule has 0 aromatic heterocycles. The lowest BCUT2D eigenvalue weighted by Crippen LogP contribution is -2.20. The molecule has 0 unspecified atom stereocenters. The minimum atomic E-state index is 0.782. The molecule has 1 heteroatoms. The lowest BCUT2D eigenvalue weighted by Gasteiger charge is -2.29. The van der Waals surface area contributed by atoms with Crippen LogP contribution in [0, 0.1) is 5.92 Å². The Balaban J connectivity index is 1.47. The fourth-order valence-electron chi connectivity index (χ4n) is 3.24. The zero-order valence-corrected chi connectivity index (χ0v) is 12.0. The Morgan fingerprint density at radius 1 is 0.750 bits per heavy atom. The summed E-state index contributed by atoms with van der Waals surface area (Å²) in [5.74, 6) is 1.61. The van der Waals surface area contributed by atoms with Gasteiger partial charge in [-0.2, -0.15) is 0 Å². The van der Waals surface area contributed by atoms with E-state index in [0.717, 1.165) is 18.4 Å². The van der Waals surface area contributed by atoms with Crippen LogP contribution in [-0.4, -0.2) is 6.54 Å². The molecule has 0 bridgehead atoms. The van der Waals surface area contributed by atoms with Crippen molar-refractivity contribution in [3.63, 3.8) is 0 Å². The van der Waals surface area contributed by atoms with E-state index in [1.807, 2.05) is 0 Å². The van der Waals surface area contributed by atoms with Crippen molar-refractivity contribution in [1.82, 2.24) is 0 Å². The predicted octanol–water partition coefficient (Wildman–Crippen LogP) is 5.07. The van der Waals surface area contributed by atoms with E-state index < -0.39 is 0 Å².